The first kappa shape index (κ1) is 39.4. The highest BCUT2D eigenvalue weighted by Gasteiger charge is 2.46. The zero-order valence-corrected chi connectivity index (χ0v) is 29.5. The normalized spacial score (nSPS) is 16.7. The third-order valence-electron chi connectivity index (χ3n) is 8.62. The molecule has 1 heterocycles. The molecule has 1 unspecified atom stereocenters. The van der Waals surface area contributed by atoms with E-state index in [9.17, 15) is 45.6 Å². The maximum absolute atomic E-state index is 13.7. The van der Waals surface area contributed by atoms with Gasteiger partial charge in [-0.2, -0.15) is 13.2 Å². The first-order valence-corrected chi connectivity index (χ1v) is 17.6. The lowest BCUT2D eigenvalue weighted by Crippen LogP contribution is -2.55. The number of rotatable bonds is 12. The van der Waals surface area contributed by atoms with E-state index in [1.54, 1.807) is 26.0 Å². The topological polar surface area (TPSA) is 147 Å². The van der Waals surface area contributed by atoms with Crippen molar-refractivity contribution in [2.45, 2.75) is 96.3 Å². The Morgan fingerprint density at radius 1 is 0.857 bits per heavy atom. The average Bonchev–Trinajstić information content (AvgIpc) is 3.51. The first-order valence-electron chi connectivity index (χ1n) is 16.1. The van der Waals surface area contributed by atoms with Gasteiger partial charge in [-0.3, -0.25) is 24.0 Å². The molecule has 0 saturated carbocycles. The van der Waals surface area contributed by atoms with Gasteiger partial charge in [-0.1, -0.05) is 72.7 Å². The quantitative estimate of drug-likeness (QED) is 0.288. The number of carbonyl (C=O) groups is 5. The van der Waals surface area contributed by atoms with Gasteiger partial charge in [0.15, 0.2) is 5.78 Å². The molecule has 0 spiro atoms. The Morgan fingerprint density at radius 3 is 1.90 bits per heavy atom. The number of halogens is 3. The van der Waals surface area contributed by atoms with Crippen molar-refractivity contribution in [2.24, 2.45) is 17.8 Å². The molecule has 1 saturated heterocycles. The Kier molecular flexibility index (Phi) is 12.2. The molecular weight excluding hydrogens is 663 g/mol. The minimum atomic E-state index is -5.14. The molecule has 1 aliphatic rings. The second kappa shape index (κ2) is 15.2. The molecule has 49 heavy (non-hydrogen) atoms. The van der Waals surface area contributed by atoms with E-state index >= 15 is 0 Å². The van der Waals surface area contributed by atoms with Crippen LogP contribution in [0.4, 0.5) is 13.2 Å². The number of benzene rings is 2. The van der Waals surface area contributed by atoms with Crippen LogP contribution in [0, 0.1) is 17.8 Å². The van der Waals surface area contributed by atoms with Crippen LogP contribution < -0.4 is 10.0 Å². The van der Waals surface area contributed by atoms with Gasteiger partial charge >= 0.3 is 6.18 Å². The fourth-order valence-electron chi connectivity index (χ4n) is 5.58. The van der Waals surface area contributed by atoms with Gasteiger partial charge in [0, 0.05) is 30.0 Å². The van der Waals surface area contributed by atoms with Crippen LogP contribution in [-0.4, -0.2) is 67.4 Å². The molecule has 14 heteroatoms. The van der Waals surface area contributed by atoms with E-state index in [1.165, 1.54) is 55.1 Å². The molecule has 0 bridgehead atoms. The van der Waals surface area contributed by atoms with Gasteiger partial charge in [0.2, 0.25) is 11.8 Å². The number of Topliss-reactive ketones (excluding diaryl/α,β-unsaturated/α-hetero) is 2. The molecule has 2 N–H and O–H groups in total. The molecule has 0 radical (unpaired) electrons. The maximum atomic E-state index is 13.7. The van der Waals surface area contributed by atoms with Crippen molar-refractivity contribution in [3.63, 3.8) is 0 Å². The lowest BCUT2D eigenvalue weighted by atomic mass is 9.87. The largest absolute Gasteiger partial charge is 0.452 e. The molecule has 2 aromatic carbocycles. The van der Waals surface area contributed by atoms with Crippen LogP contribution in [0.1, 0.15) is 94.0 Å². The summed E-state index contributed by atoms with van der Waals surface area (Å²) in [7, 11) is -4.18. The highest BCUT2D eigenvalue weighted by molar-refractivity contribution is 7.90. The van der Waals surface area contributed by atoms with Gasteiger partial charge in [-0.25, -0.2) is 13.1 Å². The van der Waals surface area contributed by atoms with Crippen LogP contribution in [0.5, 0.6) is 0 Å². The molecule has 1 fully saturated rings. The van der Waals surface area contributed by atoms with Crippen LogP contribution in [-0.2, 0) is 29.8 Å². The van der Waals surface area contributed by atoms with Gasteiger partial charge in [0.25, 0.3) is 21.7 Å². The standard InChI is InChI=1S/C35H44F3N3O7S/c1-20(2)26(33(46)41-18-8-9-27(41)32(45)39-29(21(3)4)30(43)35(36,37)38)19-28(42)22-10-12-23(13-11-22)31(44)40-49(47,48)25-16-14-24(15-17-25)34(5,6)7/h10-17,20-21,26-27,29H,8-9,18-19H2,1-7H3,(H,39,45)(H,40,44)/t26-,27-,29?/m0/s1. The highest BCUT2D eigenvalue weighted by atomic mass is 32.2. The van der Waals surface area contributed by atoms with Crippen molar-refractivity contribution in [3.8, 4) is 0 Å². The Hall–Kier alpha value is -4.07. The summed E-state index contributed by atoms with van der Waals surface area (Å²) in [6.07, 6.45) is -4.81. The van der Waals surface area contributed by atoms with Crippen LogP contribution in [0.3, 0.4) is 0 Å². The molecule has 3 amide bonds. The third kappa shape index (κ3) is 9.77. The smallest absolute Gasteiger partial charge is 0.344 e. The summed E-state index contributed by atoms with van der Waals surface area (Å²) in [6, 6.07) is 8.56. The number of nitrogens with one attached hydrogen (secondary N) is 2. The van der Waals surface area contributed by atoms with Crippen LogP contribution in [0.15, 0.2) is 53.4 Å². The number of amides is 3. The predicted octanol–water partition coefficient (Wildman–Crippen LogP) is 5.21. The number of likely N-dealkylation sites (tertiary alicyclic amines) is 1. The molecule has 10 nitrogen and oxygen atoms in total. The fraction of sp³-hybridized carbons (Fsp3) is 0.514. The summed E-state index contributed by atoms with van der Waals surface area (Å²) in [4.78, 5) is 65.9. The van der Waals surface area contributed by atoms with Crippen molar-refractivity contribution in [1.29, 1.82) is 0 Å². The number of alkyl halides is 3. The lowest BCUT2D eigenvalue weighted by Gasteiger charge is -2.31. The van der Waals surface area contributed by atoms with Gasteiger partial charge in [0.05, 0.1) is 10.9 Å². The summed E-state index contributed by atoms with van der Waals surface area (Å²) in [6.45, 7) is 12.3. The van der Waals surface area contributed by atoms with E-state index in [2.05, 4.69) is 5.32 Å². The summed E-state index contributed by atoms with van der Waals surface area (Å²) < 4.78 is 67.1. The zero-order valence-electron chi connectivity index (χ0n) is 28.7. The summed E-state index contributed by atoms with van der Waals surface area (Å²) in [5, 5.41) is 2.19. The van der Waals surface area contributed by atoms with E-state index in [1.807, 2.05) is 25.5 Å². The highest BCUT2D eigenvalue weighted by Crippen LogP contribution is 2.28. The monoisotopic (exact) mass is 707 g/mol. The molecule has 3 atom stereocenters. The van der Waals surface area contributed by atoms with Gasteiger partial charge in [0.1, 0.15) is 6.04 Å². The van der Waals surface area contributed by atoms with E-state index in [0.29, 0.717) is 6.42 Å². The first-order chi connectivity index (χ1) is 22.5. The molecule has 0 aliphatic carbocycles. The number of hydrogen-bond donors (Lipinski definition) is 2. The summed E-state index contributed by atoms with van der Waals surface area (Å²) >= 11 is 0. The Bertz CT molecular complexity index is 1660. The second-order valence-corrected chi connectivity index (χ2v) is 15.7. The van der Waals surface area contributed by atoms with Crippen LogP contribution >= 0.6 is 0 Å². The molecule has 3 rings (SSSR count). The second-order valence-electron chi connectivity index (χ2n) is 14.0. The minimum absolute atomic E-state index is 0.0162. The Balaban J connectivity index is 1.69. The number of hydrogen-bond acceptors (Lipinski definition) is 7. The molecule has 268 valence electrons. The van der Waals surface area contributed by atoms with Crippen molar-refractivity contribution < 1.29 is 45.6 Å². The van der Waals surface area contributed by atoms with Gasteiger partial charge in [-0.05, 0) is 59.9 Å². The average molecular weight is 708 g/mol. The Labute approximate surface area is 285 Å². The molecule has 2 aromatic rings. The lowest BCUT2D eigenvalue weighted by molar-refractivity contribution is -0.175. The van der Waals surface area contributed by atoms with E-state index in [-0.39, 0.29) is 46.7 Å². The van der Waals surface area contributed by atoms with Crippen LogP contribution in [0.25, 0.3) is 0 Å². The zero-order chi connectivity index (χ0) is 37.1. The fourth-order valence-corrected chi connectivity index (χ4v) is 6.56. The number of ketones is 2. The van der Waals surface area contributed by atoms with E-state index < -0.39 is 69.4 Å². The molecule has 0 aromatic heterocycles. The van der Waals surface area contributed by atoms with Crippen molar-refractivity contribution in [1.82, 2.24) is 14.9 Å². The van der Waals surface area contributed by atoms with Crippen molar-refractivity contribution in [3.05, 3.63) is 65.2 Å². The molecular formula is C35H44F3N3O7S. The van der Waals surface area contributed by atoms with Gasteiger partial charge < -0.3 is 10.2 Å². The maximum Gasteiger partial charge on any atom is 0.452 e. The van der Waals surface area contributed by atoms with E-state index in [4.69, 9.17) is 0 Å². The molecule has 1 aliphatic heterocycles. The minimum Gasteiger partial charge on any atom is -0.344 e. The third-order valence-corrected chi connectivity index (χ3v) is 9.97. The van der Waals surface area contributed by atoms with Crippen LogP contribution in [0.2, 0.25) is 0 Å². The van der Waals surface area contributed by atoms with E-state index in [0.717, 1.165) is 5.56 Å². The van der Waals surface area contributed by atoms with Crippen molar-refractivity contribution in [2.75, 3.05) is 6.54 Å². The summed E-state index contributed by atoms with van der Waals surface area (Å²) in [5.74, 6) is -6.88. The van der Waals surface area contributed by atoms with Gasteiger partial charge in [-0.15, -0.1) is 0 Å². The summed E-state index contributed by atoms with van der Waals surface area (Å²) in [5.41, 5.74) is 0.875. The number of nitrogens with zero attached hydrogens (tertiary/aromatic N) is 1. The van der Waals surface area contributed by atoms with Crippen molar-refractivity contribution >= 4 is 39.3 Å². The number of carbonyl (C=O) groups excluding carboxylic acids is 5. The SMILES string of the molecule is CC(C)C(NC(=O)[C@@H]1CCCN1C(=O)[C@@H](CC(=O)c1ccc(C(=O)NS(=O)(=O)c2ccc(C(C)(C)C)cc2)cc1)C(C)C)C(=O)C(F)(F)F. The Morgan fingerprint density at radius 2 is 1.41 bits per heavy atom. The number of sulfonamides is 1. The predicted molar refractivity (Wildman–Crippen MR) is 176 cm³/mol.